The molecule has 1 saturated carbocycles. The van der Waals surface area contributed by atoms with Gasteiger partial charge in [-0.3, -0.25) is 0 Å². The predicted molar refractivity (Wildman–Crippen MR) is 90.0 cm³/mol. The molecular formula is C17H29N3S. The molecule has 1 unspecified atom stereocenters. The van der Waals surface area contributed by atoms with Crippen LogP contribution in [0.5, 0.6) is 0 Å². The summed E-state index contributed by atoms with van der Waals surface area (Å²) in [6.07, 6.45) is 9.63. The highest BCUT2D eigenvalue weighted by molar-refractivity contribution is 7.09. The summed E-state index contributed by atoms with van der Waals surface area (Å²) in [5.41, 5.74) is 1.28. The third-order valence-electron chi connectivity index (χ3n) is 5.08. The molecule has 2 fully saturated rings. The van der Waals surface area contributed by atoms with Crippen molar-refractivity contribution in [3.63, 3.8) is 0 Å². The Morgan fingerprint density at radius 3 is 2.90 bits per heavy atom. The smallest absolute Gasteiger partial charge is 0.0897 e. The molecule has 0 bridgehead atoms. The van der Waals surface area contributed by atoms with Gasteiger partial charge in [-0.05, 0) is 45.2 Å². The van der Waals surface area contributed by atoms with Crippen LogP contribution in [0.2, 0.25) is 0 Å². The summed E-state index contributed by atoms with van der Waals surface area (Å²) in [5.74, 6) is 0.917. The van der Waals surface area contributed by atoms with E-state index in [0.717, 1.165) is 18.4 Å². The molecule has 4 heteroatoms. The Balaban J connectivity index is 1.51. The molecule has 3 rings (SSSR count). The number of aryl methyl sites for hydroxylation is 1. The fourth-order valence-corrected chi connectivity index (χ4v) is 4.52. The van der Waals surface area contributed by atoms with E-state index in [1.165, 1.54) is 75.4 Å². The highest BCUT2D eigenvalue weighted by Crippen LogP contribution is 2.27. The molecule has 1 aliphatic heterocycles. The molecule has 1 aromatic heterocycles. The van der Waals surface area contributed by atoms with Crippen LogP contribution in [0.3, 0.4) is 0 Å². The van der Waals surface area contributed by atoms with Crippen LogP contribution in [0.15, 0.2) is 5.38 Å². The van der Waals surface area contributed by atoms with Crippen molar-refractivity contribution >= 4 is 11.3 Å². The molecule has 2 heterocycles. The first kappa shape index (κ1) is 15.4. The van der Waals surface area contributed by atoms with Crippen LogP contribution in [-0.2, 0) is 6.42 Å². The van der Waals surface area contributed by atoms with Crippen LogP contribution in [0.1, 0.15) is 49.2 Å². The van der Waals surface area contributed by atoms with Crippen molar-refractivity contribution in [2.24, 2.45) is 5.92 Å². The van der Waals surface area contributed by atoms with Crippen LogP contribution in [0, 0.1) is 12.8 Å². The lowest BCUT2D eigenvalue weighted by Crippen LogP contribution is -2.44. The highest BCUT2D eigenvalue weighted by Gasteiger charge is 2.26. The molecule has 1 aromatic rings. The van der Waals surface area contributed by atoms with Crippen LogP contribution in [0.4, 0.5) is 0 Å². The van der Waals surface area contributed by atoms with E-state index in [1.54, 1.807) is 11.3 Å². The summed E-state index contributed by atoms with van der Waals surface area (Å²) in [5, 5.41) is 7.25. The molecule has 1 atom stereocenters. The summed E-state index contributed by atoms with van der Waals surface area (Å²) >= 11 is 1.78. The topological polar surface area (TPSA) is 28.2 Å². The lowest BCUT2D eigenvalue weighted by molar-refractivity contribution is 0.207. The van der Waals surface area contributed by atoms with Crippen LogP contribution >= 0.6 is 11.3 Å². The summed E-state index contributed by atoms with van der Waals surface area (Å²) < 4.78 is 0. The van der Waals surface area contributed by atoms with E-state index in [4.69, 9.17) is 0 Å². The molecule has 0 amide bonds. The Bertz CT molecular complexity index is 425. The van der Waals surface area contributed by atoms with Gasteiger partial charge in [-0.25, -0.2) is 4.98 Å². The zero-order valence-corrected chi connectivity index (χ0v) is 14.1. The minimum atomic E-state index is 0.727. The Labute approximate surface area is 133 Å². The van der Waals surface area contributed by atoms with Gasteiger partial charge >= 0.3 is 0 Å². The van der Waals surface area contributed by atoms with Gasteiger partial charge in [0, 0.05) is 30.9 Å². The first-order chi connectivity index (χ1) is 10.3. The van der Waals surface area contributed by atoms with Crippen molar-refractivity contribution in [3.8, 4) is 0 Å². The fourth-order valence-electron chi connectivity index (χ4n) is 3.88. The number of nitrogens with one attached hydrogen (secondary N) is 1. The third-order valence-corrected chi connectivity index (χ3v) is 5.90. The zero-order valence-electron chi connectivity index (χ0n) is 13.3. The van der Waals surface area contributed by atoms with E-state index in [-0.39, 0.29) is 0 Å². The molecular weight excluding hydrogens is 278 g/mol. The molecule has 0 aromatic carbocycles. The average Bonchev–Trinajstić information content (AvgIpc) is 2.79. The van der Waals surface area contributed by atoms with Crippen LogP contribution < -0.4 is 5.32 Å². The van der Waals surface area contributed by atoms with Gasteiger partial charge in [-0.2, -0.15) is 0 Å². The molecule has 118 valence electrons. The number of hydrogen-bond donors (Lipinski definition) is 1. The second-order valence-corrected chi connectivity index (χ2v) is 7.78. The fraction of sp³-hybridized carbons (Fsp3) is 0.824. The number of aromatic nitrogens is 1. The Morgan fingerprint density at radius 1 is 1.29 bits per heavy atom. The Kier molecular flexibility index (Phi) is 5.67. The van der Waals surface area contributed by atoms with Gasteiger partial charge in [-0.15, -0.1) is 11.3 Å². The lowest BCUT2D eigenvalue weighted by Gasteiger charge is -2.32. The van der Waals surface area contributed by atoms with E-state index in [9.17, 15) is 0 Å². The second kappa shape index (κ2) is 7.70. The van der Waals surface area contributed by atoms with Crippen molar-refractivity contribution in [2.75, 3.05) is 26.2 Å². The number of hydrogen-bond acceptors (Lipinski definition) is 4. The van der Waals surface area contributed by atoms with Gasteiger partial charge in [0.15, 0.2) is 0 Å². The quantitative estimate of drug-likeness (QED) is 0.925. The van der Waals surface area contributed by atoms with Gasteiger partial charge < -0.3 is 10.2 Å². The molecule has 0 radical (unpaired) electrons. The van der Waals surface area contributed by atoms with Crippen molar-refractivity contribution in [2.45, 2.75) is 57.9 Å². The van der Waals surface area contributed by atoms with Gasteiger partial charge in [0.2, 0.25) is 0 Å². The first-order valence-corrected chi connectivity index (χ1v) is 9.56. The van der Waals surface area contributed by atoms with E-state index in [1.807, 2.05) is 0 Å². The Hall–Kier alpha value is -0.450. The van der Waals surface area contributed by atoms with Crippen molar-refractivity contribution < 1.29 is 0 Å². The summed E-state index contributed by atoms with van der Waals surface area (Å²) in [6, 6.07) is 0.727. The predicted octanol–water partition coefficient (Wildman–Crippen LogP) is 3.24. The molecule has 1 N–H and O–H groups in total. The summed E-state index contributed by atoms with van der Waals surface area (Å²) in [4.78, 5) is 7.28. The van der Waals surface area contributed by atoms with Crippen LogP contribution in [0.25, 0.3) is 0 Å². The maximum absolute atomic E-state index is 4.60. The van der Waals surface area contributed by atoms with Gasteiger partial charge in [0.05, 0.1) is 10.7 Å². The number of thiazole rings is 1. The first-order valence-electron chi connectivity index (χ1n) is 8.68. The highest BCUT2D eigenvalue weighted by atomic mass is 32.1. The monoisotopic (exact) mass is 307 g/mol. The van der Waals surface area contributed by atoms with Crippen molar-refractivity contribution in [1.29, 1.82) is 0 Å². The summed E-state index contributed by atoms with van der Waals surface area (Å²) in [6.45, 7) is 6.97. The van der Waals surface area contributed by atoms with Crippen molar-refractivity contribution in [3.05, 3.63) is 16.1 Å². The molecule has 0 spiro atoms. The molecule has 21 heavy (non-hydrogen) atoms. The maximum atomic E-state index is 4.60. The number of rotatable bonds is 4. The zero-order chi connectivity index (χ0) is 14.5. The lowest BCUT2D eigenvalue weighted by atomic mass is 9.83. The third kappa shape index (κ3) is 4.51. The standard InChI is InChI=1S/C17H29N3S/c1-14-19-16(13-21-14)8-11-20-10-5-9-18-17(12-20)15-6-3-2-4-7-15/h13,15,17-18H,2-12H2,1H3. The van der Waals surface area contributed by atoms with E-state index in [0.29, 0.717) is 0 Å². The van der Waals surface area contributed by atoms with Gasteiger partial charge in [-0.1, -0.05) is 19.3 Å². The van der Waals surface area contributed by atoms with Gasteiger partial charge in [0.25, 0.3) is 0 Å². The van der Waals surface area contributed by atoms with Gasteiger partial charge in [0.1, 0.15) is 0 Å². The minimum Gasteiger partial charge on any atom is -0.312 e. The normalized spacial score (nSPS) is 25.9. The number of nitrogens with zero attached hydrogens (tertiary/aromatic N) is 2. The average molecular weight is 308 g/mol. The van der Waals surface area contributed by atoms with E-state index < -0.39 is 0 Å². The van der Waals surface area contributed by atoms with Crippen molar-refractivity contribution in [1.82, 2.24) is 15.2 Å². The second-order valence-electron chi connectivity index (χ2n) is 6.72. The molecule has 1 saturated heterocycles. The molecule has 1 aliphatic carbocycles. The maximum Gasteiger partial charge on any atom is 0.0897 e. The summed E-state index contributed by atoms with van der Waals surface area (Å²) in [7, 11) is 0. The van der Waals surface area contributed by atoms with Crippen LogP contribution in [-0.4, -0.2) is 42.1 Å². The van der Waals surface area contributed by atoms with E-state index >= 15 is 0 Å². The SMILES string of the molecule is Cc1nc(CCN2CCCNC(C3CCCCC3)C2)cs1. The Morgan fingerprint density at radius 2 is 2.14 bits per heavy atom. The molecule has 3 nitrogen and oxygen atoms in total. The largest absolute Gasteiger partial charge is 0.312 e. The molecule has 2 aliphatic rings. The minimum absolute atomic E-state index is 0.727. The van der Waals surface area contributed by atoms with E-state index in [2.05, 4.69) is 27.5 Å².